The first-order chi connectivity index (χ1) is 13.5. The molecule has 0 radical (unpaired) electrons. The van der Waals surface area contributed by atoms with Gasteiger partial charge in [0.1, 0.15) is 0 Å². The summed E-state index contributed by atoms with van der Waals surface area (Å²) in [5, 5.41) is 9.40. The molecule has 2 fully saturated rings. The third-order valence-electron chi connectivity index (χ3n) is 7.23. The molecule has 1 saturated carbocycles. The summed E-state index contributed by atoms with van der Waals surface area (Å²) in [5.41, 5.74) is 0.677. The molecular formula is C23H35N3O3. The number of carbonyl (C=O) groups excluding carboxylic acids is 1. The largest absolute Gasteiger partial charge is 0.481 e. The predicted octanol–water partition coefficient (Wildman–Crippen LogP) is 3.52. The molecule has 6 heteroatoms. The minimum atomic E-state index is -0.843. The fourth-order valence-electron chi connectivity index (χ4n) is 5.36. The number of aromatic nitrogens is 1. The third kappa shape index (κ3) is 4.18. The summed E-state index contributed by atoms with van der Waals surface area (Å²) in [7, 11) is 4.22. The van der Waals surface area contributed by atoms with Crippen molar-refractivity contribution in [3.8, 4) is 0 Å². The van der Waals surface area contributed by atoms with E-state index in [1.807, 2.05) is 44.0 Å². The molecule has 1 amide bonds. The third-order valence-corrected chi connectivity index (χ3v) is 7.23. The summed E-state index contributed by atoms with van der Waals surface area (Å²) in [5.74, 6) is -0.731. The van der Waals surface area contributed by atoms with E-state index in [4.69, 9.17) is 0 Å². The fourth-order valence-corrected chi connectivity index (χ4v) is 5.36. The second kappa shape index (κ2) is 7.71. The SMILES string of the molecule is CN(C)C1(c2ccccn2)CCC2(CC1)CC(=O)N(C(CC(=O)O)C(C)(C)C)C2. The van der Waals surface area contributed by atoms with Gasteiger partial charge in [0.2, 0.25) is 5.91 Å². The Morgan fingerprint density at radius 2 is 1.90 bits per heavy atom. The second-order valence-electron chi connectivity index (χ2n) is 10.3. The van der Waals surface area contributed by atoms with E-state index < -0.39 is 5.97 Å². The number of rotatable bonds is 5. The molecule has 1 aliphatic heterocycles. The van der Waals surface area contributed by atoms with E-state index in [2.05, 4.69) is 30.0 Å². The predicted molar refractivity (Wildman–Crippen MR) is 112 cm³/mol. The van der Waals surface area contributed by atoms with Crippen LogP contribution < -0.4 is 0 Å². The van der Waals surface area contributed by atoms with Crippen LogP contribution in [0.5, 0.6) is 0 Å². The van der Waals surface area contributed by atoms with E-state index >= 15 is 0 Å². The maximum atomic E-state index is 13.0. The zero-order chi connectivity index (χ0) is 21.4. The molecule has 1 unspecified atom stereocenters. The van der Waals surface area contributed by atoms with Gasteiger partial charge in [0.05, 0.1) is 17.7 Å². The van der Waals surface area contributed by atoms with Gasteiger partial charge < -0.3 is 10.0 Å². The Kier molecular flexibility index (Phi) is 5.78. The topological polar surface area (TPSA) is 73.7 Å². The fraction of sp³-hybridized carbons (Fsp3) is 0.696. The van der Waals surface area contributed by atoms with Gasteiger partial charge in [-0.25, -0.2) is 0 Å². The van der Waals surface area contributed by atoms with Crippen LogP contribution in [0.4, 0.5) is 0 Å². The smallest absolute Gasteiger partial charge is 0.305 e. The molecular weight excluding hydrogens is 366 g/mol. The van der Waals surface area contributed by atoms with Crippen molar-refractivity contribution in [1.82, 2.24) is 14.8 Å². The van der Waals surface area contributed by atoms with E-state index in [-0.39, 0.29) is 34.7 Å². The van der Waals surface area contributed by atoms with Crippen molar-refractivity contribution < 1.29 is 14.7 Å². The summed E-state index contributed by atoms with van der Waals surface area (Å²) in [6.07, 6.45) is 6.20. The zero-order valence-corrected chi connectivity index (χ0v) is 18.4. The number of hydrogen-bond donors (Lipinski definition) is 1. The number of aliphatic carboxylic acids is 1. The van der Waals surface area contributed by atoms with Gasteiger partial charge in [-0.3, -0.25) is 19.5 Å². The van der Waals surface area contributed by atoms with Crippen molar-refractivity contribution in [2.24, 2.45) is 10.8 Å². The summed E-state index contributed by atoms with van der Waals surface area (Å²) < 4.78 is 0. The number of nitrogens with zero attached hydrogens (tertiary/aromatic N) is 3. The molecule has 1 aromatic heterocycles. The highest BCUT2D eigenvalue weighted by Gasteiger charge is 2.52. The van der Waals surface area contributed by atoms with Gasteiger partial charge in [0, 0.05) is 25.2 Å². The van der Waals surface area contributed by atoms with E-state index in [9.17, 15) is 14.7 Å². The molecule has 1 aromatic rings. The molecule has 0 bridgehead atoms. The van der Waals surface area contributed by atoms with Crippen molar-refractivity contribution in [2.75, 3.05) is 20.6 Å². The van der Waals surface area contributed by atoms with Gasteiger partial charge in [0.25, 0.3) is 0 Å². The van der Waals surface area contributed by atoms with Crippen molar-refractivity contribution in [3.05, 3.63) is 30.1 Å². The van der Waals surface area contributed by atoms with E-state index in [1.54, 1.807) is 0 Å². The number of carbonyl (C=O) groups is 2. The number of carboxylic acids is 1. The summed E-state index contributed by atoms with van der Waals surface area (Å²) in [4.78, 5) is 33.2. The average Bonchev–Trinajstić information content (AvgIpc) is 2.96. The molecule has 3 rings (SSSR count). The van der Waals surface area contributed by atoms with Crippen LogP contribution in [-0.4, -0.2) is 58.4 Å². The highest BCUT2D eigenvalue weighted by Crippen LogP contribution is 2.52. The van der Waals surface area contributed by atoms with Gasteiger partial charge in [-0.2, -0.15) is 0 Å². The molecule has 0 aromatic carbocycles. The van der Waals surface area contributed by atoms with Crippen LogP contribution in [0.25, 0.3) is 0 Å². The van der Waals surface area contributed by atoms with Gasteiger partial charge in [-0.05, 0) is 62.7 Å². The highest BCUT2D eigenvalue weighted by molar-refractivity contribution is 5.81. The van der Waals surface area contributed by atoms with Crippen LogP contribution in [0, 0.1) is 10.8 Å². The quantitative estimate of drug-likeness (QED) is 0.817. The van der Waals surface area contributed by atoms with Crippen molar-refractivity contribution >= 4 is 11.9 Å². The van der Waals surface area contributed by atoms with Crippen LogP contribution in [0.15, 0.2) is 24.4 Å². The molecule has 2 heterocycles. The molecule has 1 N–H and O–H groups in total. The molecule has 29 heavy (non-hydrogen) atoms. The summed E-state index contributed by atoms with van der Waals surface area (Å²) >= 11 is 0. The van der Waals surface area contributed by atoms with Crippen LogP contribution in [-0.2, 0) is 15.1 Å². The maximum absolute atomic E-state index is 13.0. The Morgan fingerprint density at radius 3 is 2.38 bits per heavy atom. The summed E-state index contributed by atoms with van der Waals surface area (Å²) in [6, 6.07) is 5.81. The monoisotopic (exact) mass is 401 g/mol. The van der Waals surface area contributed by atoms with Gasteiger partial charge >= 0.3 is 5.97 Å². The normalized spacial score (nSPS) is 28.9. The molecule has 1 atom stereocenters. The van der Waals surface area contributed by atoms with Crippen LogP contribution >= 0.6 is 0 Å². The number of hydrogen-bond acceptors (Lipinski definition) is 4. The molecule has 1 saturated heterocycles. The zero-order valence-electron chi connectivity index (χ0n) is 18.4. The van der Waals surface area contributed by atoms with Gasteiger partial charge in [0.15, 0.2) is 0 Å². The standard InChI is InChI=1S/C23H35N3O3/c1-21(2,3)18(14-20(28)29)26-16-22(15-19(26)27)9-11-23(12-10-22,25(4)5)17-8-6-7-13-24-17/h6-8,13,18H,9-12,14-16H2,1-5H3,(H,28,29). The Labute approximate surface area is 174 Å². The average molecular weight is 402 g/mol. The van der Waals surface area contributed by atoms with Crippen molar-refractivity contribution in [2.45, 2.75) is 70.9 Å². The second-order valence-corrected chi connectivity index (χ2v) is 10.3. The Balaban J connectivity index is 1.80. The van der Waals surface area contributed by atoms with E-state index in [0.29, 0.717) is 13.0 Å². The molecule has 6 nitrogen and oxygen atoms in total. The number of carboxylic acid groups (broad SMARTS) is 1. The Morgan fingerprint density at radius 1 is 1.24 bits per heavy atom. The molecule has 2 aliphatic rings. The van der Waals surface area contributed by atoms with Gasteiger partial charge in [-0.15, -0.1) is 0 Å². The van der Waals surface area contributed by atoms with Gasteiger partial charge in [-0.1, -0.05) is 26.8 Å². The Bertz CT molecular complexity index is 746. The maximum Gasteiger partial charge on any atom is 0.305 e. The molecule has 160 valence electrons. The van der Waals surface area contributed by atoms with Crippen LogP contribution in [0.3, 0.4) is 0 Å². The lowest BCUT2D eigenvalue weighted by Crippen LogP contribution is -2.49. The minimum Gasteiger partial charge on any atom is -0.481 e. The van der Waals surface area contributed by atoms with Crippen molar-refractivity contribution in [3.63, 3.8) is 0 Å². The molecule has 1 aliphatic carbocycles. The number of pyridine rings is 1. The number of amides is 1. The first kappa shape index (κ1) is 21.8. The first-order valence-corrected chi connectivity index (χ1v) is 10.6. The van der Waals surface area contributed by atoms with Crippen LogP contribution in [0.2, 0.25) is 0 Å². The first-order valence-electron chi connectivity index (χ1n) is 10.6. The lowest BCUT2D eigenvalue weighted by atomic mass is 9.65. The lowest BCUT2D eigenvalue weighted by Gasteiger charge is -2.48. The van der Waals surface area contributed by atoms with E-state index in [1.165, 1.54) is 0 Å². The lowest BCUT2D eigenvalue weighted by molar-refractivity contribution is -0.141. The molecule has 1 spiro atoms. The summed E-state index contributed by atoms with van der Waals surface area (Å²) in [6.45, 7) is 6.75. The van der Waals surface area contributed by atoms with Crippen LogP contribution in [0.1, 0.15) is 65.0 Å². The number of likely N-dealkylation sites (tertiary alicyclic amines) is 1. The minimum absolute atomic E-state index is 0.000884. The van der Waals surface area contributed by atoms with E-state index in [0.717, 1.165) is 31.4 Å². The Hall–Kier alpha value is -1.95. The highest BCUT2D eigenvalue weighted by atomic mass is 16.4. The van der Waals surface area contributed by atoms with Crippen molar-refractivity contribution in [1.29, 1.82) is 0 Å².